The van der Waals surface area contributed by atoms with E-state index < -0.39 is 0 Å². The van der Waals surface area contributed by atoms with Crippen LogP contribution in [-0.4, -0.2) is 47.0 Å². The van der Waals surface area contributed by atoms with Crippen LogP contribution in [0.4, 0.5) is 0 Å². The van der Waals surface area contributed by atoms with E-state index in [1.54, 1.807) is 0 Å². The van der Waals surface area contributed by atoms with Crippen molar-refractivity contribution in [3.05, 3.63) is 33.4 Å². The first-order valence-electron chi connectivity index (χ1n) is 7.60. The summed E-state index contributed by atoms with van der Waals surface area (Å²) in [5, 5.41) is 0. The monoisotopic (exact) mass is 417 g/mol. The fourth-order valence-electron chi connectivity index (χ4n) is 2.86. The topological polar surface area (TPSA) is 32.5 Å². The van der Waals surface area contributed by atoms with Crippen LogP contribution in [0.15, 0.2) is 24.3 Å². The summed E-state index contributed by atoms with van der Waals surface area (Å²) < 4.78 is 1.29. The molecule has 0 aliphatic carbocycles. The minimum atomic E-state index is 0.283. The van der Waals surface area contributed by atoms with Crippen LogP contribution < -0.4 is 5.73 Å². The Labute approximate surface area is 147 Å². The van der Waals surface area contributed by atoms with Crippen molar-refractivity contribution in [2.45, 2.75) is 32.4 Å². The van der Waals surface area contributed by atoms with Crippen LogP contribution in [0.2, 0.25) is 0 Å². The van der Waals surface area contributed by atoms with Crippen LogP contribution in [0.5, 0.6) is 0 Å². The lowest BCUT2D eigenvalue weighted by Crippen LogP contribution is -2.53. The molecule has 1 fully saturated rings. The Morgan fingerprint density at radius 3 is 2.38 bits per heavy atom. The van der Waals surface area contributed by atoms with E-state index in [4.69, 9.17) is 18.0 Å². The molecule has 1 aliphatic heterocycles. The number of benzene rings is 1. The van der Waals surface area contributed by atoms with Crippen molar-refractivity contribution in [3.63, 3.8) is 0 Å². The number of halogens is 1. The number of thiocarbonyl (C=S) groups is 1. The maximum atomic E-state index is 5.90. The molecule has 0 radical (unpaired) electrons. The fourth-order valence-corrected chi connectivity index (χ4v) is 3.49. The zero-order valence-corrected chi connectivity index (χ0v) is 15.6. The van der Waals surface area contributed by atoms with Gasteiger partial charge in [0.1, 0.15) is 0 Å². The van der Waals surface area contributed by atoms with Crippen LogP contribution in [0.25, 0.3) is 0 Å². The molecule has 1 atom stereocenters. The van der Waals surface area contributed by atoms with E-state index in [0.717, 1.165) is 45.6 Å². The summed E-state index contributed by atoms with van der Waals surface area (Å²) in [5.41, 5.74) is 7.29. The van der Waals surface area contributed by atoms with Crippen LogP contribution in [0, 0.1) is 3.57 Å². The van der Waals surface area contributed by atoms with Gasteiger partial charge in [-0.2, -0.15) is 0 Å². The summed E-state index contributed by atoms with van der Waals surface area (Å²) >= 11 is 7.58. The zero-order chi connectivity index (χ0) is 15.2. The van der Waals surface area contributed by atoms with Gasteiger partial charge in [-0.1, -0.05) is 37.7 Å². The zero-order valence-electron chi connectivity index (χ0n) is 12.6. The lowest BCUT2D eigenvalue weighted by Gasteiger charge is -2.39. The Bertz CT molecular complexity index is 455. The second-order valence-corrected chi connectivity index (χ2v) is 7.36. The largest absolute Gasteiger partial charge is 0.392 e. The highest BCUT2D eigenvalue weighted by Crippen LogP contribution is 2.14. The molecule has 3 nitrogen and oxygen atoms in total. The third kappa shape index (κ3) is 5.16. The average Bonchev–Trinajstić information content (AvgIpc) is 2.48. The van der Waals surface area contributed by atoms with Gasteiger partial charge in [0.25, 0.3) is 0 Å². The van der Waals surface area contributed by atoms with E-state index in [2.05, 4.69) is 63.6 Å². The summed E-state index contributed by atoms with van der Waals surface area (Å²) in [4.78, 5) is 5.63. The van der Waals surface area contributed by atoms with Gasteiger partial charge in [-0.3, -0.25) is 9.80 Å². The summed E-state index contributed by atoms with van der Waals surface area (Å²) in [6, 6.07) is 9.09. The first-order valence-corrected chi connectivity index (χ1v) is 9.09. The molecule has 2 N–H and O–H groups in total. The van der Waals surface area contributed by atoms with Crippen molar-refractivity contribution in [1.82, 2.24) is 9.80 Å². The molecule has 2 rings (SSSR count). The minimum absolute atomic E-state index is 0.283. The lowest BCUT2D eigenvalue weighted by atomic mass is 10.1. The van der Waals surface area contributed by atoms with Gasteiger partial charge in [-0.15, -0.1) is 0 Å². The van der Waals surface area contributed by atoms with Crippen LogP contribution in [-0.2, 0) is 6.54 Å². The van der Waals surface area contributed by atoms with E-state index in [1.165, 1.54) is 9.13 Å². The maximum Gasteiger partial charge on any atom is 0.0902 e. The van der Waals surface area contributed by atoms with Crippen molar-refractivity contribution in [3.8, 4) is 0 Å². The predicted molar refractivity (Wildman–Crippen MR) is 101 cm³/mol. The predicted octanol–water partition coefficient (Wildman–Crippen LogP) is 2.86. The molecule has 0 amide bonds. The van der Waals surface area contributed by atoms with Crippen molar-refractivity contribution in [1.29, 1.82) is 0 Å². The number of nitrogens with zero attached hydrogens (tertiary/aromatic N) is 2. The molecule has 0 aromatic heterocycles. The highest BCUT2D eigenvalue weighted by atomic mass is 127. The van der Waals surface area contributed by atoms with Gasteiger partial charge in [0, 0.05) is 36.3 Å². The molecule has 1 aromatic rings. The molecular weight excluding hydrogens is 393 g/mol. The Morgan fingerprint density at radius 1 is 1.24 bits per heavy atom. The van der Waals surface area contributed by atoms with E-state index in [1.807, 2.05) is 0 Å². The summed E-state index contributed by atoms with van der Waals surface area (Å²) in [6.45, 7) is 7.54. The number of rotatable bonds is 6. The van der Waals surface area contributed by atoms with E-state index in [0.29, 0.717) is 4.99 Å². The summed E-state index contributed by atoms with van der Waals surface area (Å²) in [6.07, 6.45) is 2.21. The van der Waals surface area contributed by atoms with E-state index >= 15 is 0 Å². The van der Waals surface area contributed by atoms with E-state index in [-0.39, 0.29) is 6.04 Å². The van der Waals surface area contributed by atoms with Gasteiger partial charge in [-0.25, -0.2) is 0 Å². The molecule has 0 spiro atoms. The quantitative estimate of drug-likeness (QED) is 0.570. The van der Waals surface area contributed by atoms with E-state index in [9.17, 15) is 0 Å². The Kier molecular flexibility index (Phi) is 6.85. The Hall–Kier alpha value is -0.240. The van der Waals surface area contributed by atoms with Gasteiger partial charge in [-0.05, 0) is 46.7 Å². The third-order valence-corrected chi connectivity index (χ3v) is 5.05. The van der Waals surface area contributed by atoms with Gasteiger partial charge in [0.15, 0.2) is 0 Å². The molecule has 1 saturated heterocycles. The highest BCUT2D eigenvalue weighted by molar-refractivity contribution is 14.1. The molecule has 1 heterocycles. The molecule has 1 aliphatic rings. The second-order valence-electron chi connectivity index (χ2n) is 5.65. The molecule has 0 bridgehead atoms. The van der Waals surface area contributed by atoms with Crippen LogP contribution in [0.1, 0.15) is 25.3 Å². The standard InChI is InChI=1S/C16H24IN3S/c1-2-3-15(16(18)21)20-10-8-19(9-11-20)12-13-4-6-14(17)7-5-13/h4-7,15H,2-3,8-12H2,1H3,(H2,18,21). The molecule has 116 valence electrons. The Balaban J connectivity index is 1.85. The molecule has 1 aromatic carbocycles. The molecule has 21 heavy (non-hydrogen) atoms. The molecule has 1 unspecified atom stereocenters. The average molecular weight is 417 g/mol. The van der Waals surface area contributed by atoms with Crippen molar-refractivity contribution >= 4 is 39.8 Å². The third-order valence-electron chi connectivity index (χ3n) is 4.06. The van der Waals surface area contributed by atoms with Crippen LogP contribution >= 0.6 is 34.8 Å². The molecule has 0 saturated carbocycles. The van der Waals surface area contributed by atoms with Gasteiger partial charge < -0.3 is 5.73 Å². The Morgan fingerprint density at radius 2 is 1.86 bits per heavy atom. The first kappa shape index (κ1) is 17.1. The number of piperazine rings is 1. The summed E-state index contributed by atoms with van der Waals surface area (Å²) in [7, 11) is 0. The number of hydrogen-bond donors (Lipinski definition) is 1. The minimum Gasteiger partial charge on any atom is -0.392 e. The maximum absolute atomic E-state index is 5.90. The van der Waals surface area contributed by atoms with Crippen molar-refractivity contribution < 1.29 is 0 Å². The molecular formula is C16H24IN3S. The van der Waals surface area contributed by atoms with Crippen molar-refractivity contribution in [2.75, 3.05) is 26.2 Å². The van der Waals surface area contributed by atoms with Crippen LogP contribution in [0.3, 0.4) is 0 Å². The highest BCUT2D eigenvalue weighted by Gasteiger charge is 2.24. The fraction of sp³-hybridized carbons (Fsp3) is 0.562. The number of nitrogens with two attached hydrogens (primary N) is 1. The summed E-state index contributed by atoms with van der Waals surface area (Å²) in [5.74, 6) is 0. The van der Waals surface area contributed by atoms with Gasteiger partial charge >= 0.3 is 0 Å². The van der Waals surface area contributed by atoms with Gasteiger partial charge in [0.05, 0.1) is 11.0 Å². The number of hydrogen-bond acceptors (Lipinski definition) is 3. The smallest absolute Gasteiger partial charge is 0.0902 e. The first-order chi connectivity index (χ1) is 10.1. The normalized spacial score (nSPS) is 18.6. The van der Waals surface area contributed by atoms with Gasteiger partial charge in [0.2, 0.25) is 0 Å². The SMILES string of the molecule is CCCC(C(N)=S)N1CCN(Cc2ccc(I)cc2)CC1. The second kappa shape index (κ2) is 8.41. The lowest BCUT2D eigenvalue weighted by molar-refractivity contribution is 0.110. The van der Waals surface area contributed by atoms with Crippen molar-refractivity contribution in [2.24, 2.45) is 5.73 Å². The molecule has 5 heteroatoms.